The van der Waals surface area contributed by atoms with Crippen LogP contribution in [0.2, 0.25) is 0 Å². The van der Waals surface area contributed by atoms with Gasteiger partial charge in [0.1, 0.15) is 11.6 Å². The summed E-state index contributed by atoms with van der Waals surface area (Å²) >= 11 is 0. The summed E-state index contributed by atoms with van der Waals surface area (Å²) in [4.78, 5) is 4.84. The highest BCUT2D eigenvalue weighted by Gasteiger charge is 2.33. The lowest BCUT2D eigenvalue weighted by molar-refractivity contribution is 0.124. The Labute approximate surface area is 178 Å². The van der Waals surface area contributed by atoms with Crippen LogP contribution in [0.4, 0.5) is 4.39 Å². The minimum atomic E-state index is -0.139. The maximum Gasteiger partial charge on any atom is 0.127 e. The quantitative estimate of drug-likeness (QED) is 0.513. The van der Waals surface area contributed by atoms with E-state index < -0.39 is 0 Å². The zero-order valence-electron chi connectivity index (χ0n) is 17.7. The second-order valence-electron chi connectivity index (χ2n) is 7.89. The van der Waals surface area contributed by atoms with Crippen LogP contribution in [0.1, 0.15) is 35.3 Å². The summed E-state index contributed by atoms with van der Waals surface area (Å²) in [5.41, 5.74) is 4.51. The van der Waals surface area contributed by atoms with Crippen molar-refractivity contribution < 1.29 is 9.13 Å². The van der Waals surface area contributed by atoms with E-state index in [9.17, 15) is 4.39 Å². The Balaban J connectivity index is 1.60. The van der Waals surface area contributed by atoms with E-state index in [1.165, 1.54) is 16.7 Å². The number of hydrogen-bond acceptors (Lipinski definition) is 3. The molecule has 3 nitrogen and oxygen atoms in total. The lowest BCUT2D eigenvalue weighted by Crippen LogP contribution is -2.30. The first-order chi connectivity index (χ1) is 14.6. The molecule has 1 aliphatic rings. The van der Waals surface area contributed by atoms with Crippen molar-refractivity contribution in [3.63, 3.8) is 0 Å². The van der Waals surface area contributed by atoms with Crippen LogP contribution in [-0.4, -0.2) is 29.5 Å². The van der Waals surface area contributed by atoms with E-state index >= 15 is 0 Å². The van der Waals surface area contributed by atoms with Gasteiger partial charge in [-0.3, -0.25) is 9.80 Å². The summed E-state index contributed by atoms with van der Waals surface area (Å²) in [7, 11) is 0. The first-order valence-electron chi connectivity index (χ1n) is 10.6. The third kappa shape index (κ3) is 4.72. The molecule has 0 aliphatic carbocycles. The molecule has 4 rings (SSSR count). The molecule has 0 spiro atoms. The third-order valence-electron chi connectivity index (χ3n) is 5.69. The monoisotopic (exact) mass is 404 g/mol. The lowest BCUT2D eigenvalue weighted by atomic mass is 10.1. The fourth-order valence-electron chi connectivity index (χ4n) is 4.16. The van der Waals surface area contributed by atoms with E-state index in [1.807, 2.05) is 31.2 Å². The van der Waals surface area contributed by atoms with Crippen molar-refractivity contribution >= 4 is 0 Å². The van der Waals surface area contributed by atoms with Gasteiger partial charge in [0, 0.05) is 31.7 Å². The van der Waals surface area contributed by atoms with Gasteiger partial charge >= 0.3 is 0 Å². The van der Waals surface area contributed by atoms with E-state index in [0.717, 1.165) is 30.9 Å². The third-order valence-corrected chi connectivity index (χ3v) is 5.69. The Kier molecular flexibility index (Phi) is 6.46. The Bertz CT molecular complexity index is 956. The van der Waals surface area contributed by atoms with Crippen molar-refractivity contribution in [1.82, 2.24) is 9.80 Å². The normalized spacial score (nSPS) is 17.4. The van der Waals surface area contributed by atoms with Gasteiger partial charge < -0.3 is 4.74 Å². The Hall–Kier alpha value is -2.69. The molecular weight excluding hydrogens is 375 g/mol. The molecule has 0 amide bonds. The summed E-state index contributed by atoms with van der Waals surface area (Å²) < 4.78 is 20.0. The van der Waals surface area contributed by atoms with Crippen LogP contribution in [0.15, 0.2) is 72.8 Å². The molecule has 0 unspecified atom stereocenters. The molecule has 0 aromatic heterocycles. The maximum atomic E-state index is 14.3. The standard InChI is InChI=1S/C26H29FN2O/c1-3-30-24-14-12-22(13-15-24)26-28(18-21-10-8-20(2)9-11-21)16-17-29(26)19-23-6-4-5-7-25(23)27/h4-15,26H,3,16-19H2,1-2H3/t26-/m1/s1. The minimum Gasteiger partial charge on any atom is -0.494 e. The highest BCUT2D eigenvalue weighted by atomic mass is 19.1. The van der Waals surface area contributed by atoms with Gasteiger partial charge in [-0.2, -0.15) is 0 Å². The van der Waals surface area contributed by atoms with Crippen LogP contribution in [0, 0.1) is 12.7 Å². The summed E-state index contributed by atoms with van der Waals surface area (Å²) in [6.07, 6.45) is 0.0987. The van der Waals surface area contributed by atoms with E-state index in [0.29, 0.717) is 13.2 Å². The Morgan fingerprint density at radius 2 is 1.53 bits per heavy atom. The fourth-order valence-corrected chi connectivity index (χ4v) is 4.16. The molecule has 0 bridgehead atoms. The second kappa shape index (κ2) is 9.41. The van der Waals surface area contributed by atoms with Gasteiger partial charge in [0.25, 0.3) is 0 Å². The van der Waals surface area contributed by atoms with Crippen LogP contribution in [-0.2, 0) is 13.1 Å². The van der Waals surface area contributed by atoms with Crippen LogP contribution >= 0.6 is 0 Å². The zero-order valence-corrected chi connectivity index (χ0v) is 17.7. The van der Waals surface area contributed by atoms with Gasteiger partial charge in [0.2, 0.25) is 0 Å². The number of halogens is 1. The zero-order chi connectivity index (χ0) is 20.9. The SMILES string of the molecule is CCOc1ccc([C@@H]2N(Cc3ccc(C)cc3)CCN2Cc2ccccc2F)cc1. The average Bonchev–Trinajstić information content (AvgIpc) is 3.14. The molecule has 30 heavy (non-hydrogen) atoms. The molecular formula is C26H29FN2O. The van der Waals surface area contributed by atoms with Crippen molar-refractivity contribution in [2.75, 3.05) is 19.7 Å². The number of hydrogen-bond donors (Lipinski definition) is 0. The Morgan fingerprint density at radius 3 is 2.20 bits per heavy atom. The molecule has 0 radical (unpaired) electrons. The molecule has 1 aliphatic heterocycles. The smallest absolute Gasteiger partial charge is 0.127 e. The summed E-state index contributed by atoms with van der Waals surface area (Å²) in [6.45, 7) is 8.06. The molecule has 0 saturated carbocycles. The maximum absolute atomic E-state index is 14.3. The van der Waals surface area contributed by atoms with E-state index in [-0.39, 0.29) is 12.0 Å². The van der Waals surface area contributed by atoms with Crippen molar-refractivity contribution in [2.24, 2.45) is 0 Å². The van der Waals surface area contributed by atoms with E-state index in [2.05, 4.69) is 53.1 Å². The number of aryl methyl sites for hydroxylation is 1. The first-order valence-corrected chi connectivity index (χ1v) is 10.6. The van der Waals surface area contributed by atoms with Crippen molar-refractivity contribution in [1.29, 1.82) is 0 Å². The highest BCUT2D eigenvalue weighted by Crippen LogP contribution is 2.34. The molecule has 1 heterocycles. The van der Waals surface area contributed by atoms with Gasteiger partial charge in [-0.05, 0) is 43.2 Å². The van der Waals surface area contributed by atoms with Gasteiger partial charge in [0.05, 0.1) is 12.8 Å². The number of ether oxygens (including phenoxy) is 1. The largest absolute Gasteiger partial charge is 0.494 e. The first kappa shape index (κ1) is 20.6. The van der Waals surface area contributed by atoms with Crippen molar-refractivity contribution in [3.05, 3.63) is 101 Å². The van der Waals surface area contributed by atoms with Gasteiger partial charge in [-0.15, -0.1) is 0 Å². The van der Waals surface area contributed by atoms with Crippen LogP contribution < -0.4 is 4.74 Å². The van der Waals surface area contributed by atoms with Crippen LogP contribution in [0.5, 0.6) is 5.75 Å². The lowest BCUT2D eigenvalue weighted by Gasteiger charge is -2.31. The van der Waals surface area contributed by atoms with Crippen molar-refractivity contribution in [2.45, 2.75) is 33.1 Å². The minimum absolute atomic E-state index is 0.0987. The van der Waals surface area contributed by atoms with Crippen LogP contribution in [0.25, 0.3) is 0 Å². The Morgan fingerprint density at radius 1 is 0.867 bits per heavy atom. The number of rotatable bonds is 7. The topological polar surface area (TPSA) is 15.7 Å². The summed E-state index contributed by atoms with van der Waals surface area (Å²) in [5, 5.41) is 0. The molecule has 0 N–H and O–H groups in total. The molecule has 1 atom stereocenters. The van der Waals surface area contributed by atoms with Gasteiger partial charge in [-0.25, -0.2) is 4.39 Å². The van der Waals surface area contributed by atoms with Crippen LogP contribution in [0.3, 0.4) is 0 Å². The summed E-state index contributed by atoms with van der Waals surface area (Å²) in [5.74, 6) is 0.741. The van der Waals surface area contributed by atoms with E-state index in [1.54, 1.807) is 12.1 Å². The summed E-state index contributed by atoms with van der Waals surface area (Å²) in [6, 6.07) is 24.1. The molecule has 3 aromatic carbocycles. The molecule has 156 valence electrons. The fraction of sp³-hybridized carbons (Fsp3) is 0.308. The number of nitrogens with zero attached hydrogens (tertiary/aromatic N) is 2. The molecule has 4 heteroatoms. The number of benzene rings is 3. The van der Waals surface area contributed by atoms with Gasteiger partial charge in [-0.1, -0.05) is 60.2 Å². The molecule has 1 saturated heterocycles. The highest BCUT2D eigenvalue weighted by molar-refractivity contribution is 5.30. The molecule has 3 aromatic rings. The van der Waals surface area contributed by atoms with E-state index in [4.69, 9.17) is 4.74 Å². The second-order valence-corrected chi connectivity index (χ2v) is 7.89. The van der Waals surface area contributed by atoms with Crippen molar-refractivity contribution in [3.8, 4) is 5.75 Å². The molecule has 1 fully saturated rings. The van der Waals surface area contributed by atoms with Gasteiger partial charge in [0.15, 0.2) is 0 Å². The predicted molar refractivity (Wildman–Crippen MR) is 119 cm³/mol. The average molecular weight is 405 g/mol. The predicted octanol–water partition coefficient (Wildman–Crippen LogP) is 5.55.